The van der Waals surface area contributed by atoms with Crippen molar-refractivity contribution in [3.05, 3.63) is 18.0 Å². The maximum Gasteiger partial charge on any atom is 0.121 e. The van der Waals surface area contributed by atoms with Gasteiger partial charge in [-0.05, 0) is 12.5 Å². The Labute approximate surface area is 78.1 Å². The van der Waals surface area contributed by atoms with Crippen LogP contribution in [0.5, 0.6) is 0 Å². The minimum absolute atomic E-state index is 0.324. The van der Waals surface area contributed by atoms with E-state index in [1.54, 1.807) is 16.9 Å². The van der Waals surface area contributed by atoms with E-state index >= 15 is 0 Å². The fourth-order valence-corrected chi connectivity index (χ4v) is 1.04. The van der Waals surface area contributed by atoms with Crippen molar-refractivity contribution in [1.82, 2.24) is 9.78 Å². The first-order valence-electron chi connectivity index (χ1n) is 4.49. The molecule has 1 heterocycles. The zero-order valence-corrected chi connectivity index (χ0v) is 8.10. The van der Waals surface area contributed by atoms with Crippen LogP contribution in [0.15, 0.2) is 12.3 Å². The van der Waals surface area contributed by atoms with Crippen molar-refractivity contribution in [3.8, 4) is 0 Å². The molecule has 4 heteroatoms. The normalized spacial score (nSPS) is 13.2. The monoisotopic (exact) mass is 184 g/mol. The predicted octanol–water partition coefficient (Wildman–Crippen LogP) is 0.880. The first-order chi connectivity index (χ1) is 6.24. The van der Waals surface area contributed by atoms with E-state index < -0.39 is 6.10 Å². The molecule has 0 radical (unpaired) electrons. The van der Waals surface area contributed by atoms with Crippen LogP contribution in [0, 0.1) is 0 Å². The SMILES string of the molecule is CCCOCC(O)c1ccn(C)n1. The van der Waals surface area contributed by atoms with Crippen LogP contribution in [-0.2, 0) is 11.8 Å². The molecule has 0 aliphatic rings. The van der Waals surface area contributed by atoms with Crippen molar-refractivity contribution in [2.45, 2.75) is 19.4 Å². The third-order valence-corrected chi connectivity index (χ3v) is 1.70. The lowest BCUT2D eigenvalue weighted by Crippen LogP contribution is -2.08. The van der Waals surface area contributed by atoms with Crippen LogP contribution in [0.25, 0.3) is 0 Å². The van der Waals surface area contributed by atoms with Gasteiger partial charge in [0.1, 0.15) is 6.10 Å². The fourth-order valence-electron chi connectivity index (χ4n) is 1.04. The van der Waals surface area contributed by atoms with E-state index in [2.05, 4.69) is 5.10 Å². The van der Waals surface area contributed by atoms with Crippen LogP contribution in [0.2, 0.25) is 0 Å². The van der Waals surface area contributed by atoms with Crippen LogP contribution in [-0.4, -0.2) is 28.1 Å². The summed E-state index contributed by atoms with van der Waals surface area (Å²) in [5.41, 5.74) is 0.665. The summed E-state index contributed by atoms with van der Waals surface area (Å²) < 4.78 is 6.87. The molecular weight excluding hydrogens is 168 g/mol. The van der Waals surface area contributed by atoms with Gasteiger partial charge in [-0.3, -0.25) is 4.68 Å². The van der Waals surface area contributed by atoms with Gasteiger partial charge >= 0.3 is 0 Å². The third-order valence-electron chi connectivity index (χ3n) is 1.70. The quantitative estimate of drug-likeness (QED) is 0.691. The standard InChI is InChI=1S/C9H16N2O2/c1-3-6-13-7-9(12)8-4-5-11(2)10-8/h4-5,9,12H,3,6-7H2,1-2H3. The largest absolute Gasteiger partial charge is 0.384 e. The minimum atomic E-state index is -0.604. The molecule has 74 valence electrons. The molecule has 0 saturated heterocycles. The number of hydrogen-bond donors (Lipinski definition) is 1. The molecule has 0 spiro atoms. The Kier molecular flexibility index (Phi) is 3.92. The second kappa shape index (κ2) is 4.99. The van der Waals surface area contributed by atoms with Crippen LogP contribution >= 0.6 is 0 Å². The number of aromatic nitrogens is 2. The second-order valence-electron chi connectivity index (χ2n) is 3.00. The summed E-state index contributed by atoms with van der Waals surface area (Å²) in [5, 5.41) is 13.6. The van der Waals surface area contributed by atoms with E-state index in [4.69, 9.17) is 4.74 Å². The summed E-state index contributed by atoms with van der Waals surface area (Å²) in [7, 11) is 1.82. The minimum Gasteiger partial charge on any atom is -0.384 e. The Bertz CT molecular complexity index is 248. The number of nitrogens with zero attached hydrogens (tertiary/aromatic N) is 2. The Morgan fingerprint density at radius 2 is 2.46 bits per heavy atom. The maximum absolute atomic E-state index is 9.56. The zero-order chi connectivity index (χ0) is 9.68. The lowest BCUT2D eigenvalue weighted by molar-refractivity contribution is 0.0340. The van der Waals surface area contributed by atoms with Gasteiger partial charge in [0.25, 0.3) is 0 Å². The average molecular weight is 184 g/mol. The van der Waals surface area contributed by atoms with Crippen molar-refractivity contribution in [3.63, 3.8) is 0 Å². The molecule has 0 saturated carbocycles. The van der Waals surface area contributed by atoms with Crippen LogP contribution in [0.4, 0.5) is 0 Å². The first kappa shape index (κ1) is 10.2. The molecule has 0 bridgehead atoms. The van der Waals surface area contributed by atoms with Gasteiger partial charge in [-0.1, -0.05) is 6.92 Å². The highest BCUT2D eigenvalue weighted by molar-refractivity contribution is 5.02. The molecule has 0 amide bonds. The van der Waals surface area contributed by atoms with E-state index in [9.17, 15) is 5.11 Å². The molecule has 0 aromatic carbocycles. The van der Waals surface area contributed by atoms with Crippen molar-refractivity contribution < 1.29 is 9.84 Å². The summed E-state index contributed by atoms with van der Waals surface area (Å²) in [4.78, 5) is 0. The number of aliphatic hydroxyl groups excluding tert-OH is 1. The van der Waals surface area contributed by atoms with E-state index in [-0.39, 0.29) is 0 Å². The molecule has 1 atom stereocenters. The maximum atomic E-state index is 9.56. The molecule has 1 aromatic rings. The number of rotatable bonds is 5. The fraction of sp³-hybridized carbons (Fsp3) is 0.667. The van der Waals surface area contributed by atoms with Crippen molar-refractivity contribution in [2.24, 2.45) is 7.05 Å². The molecule has 1 aromatic heterocycles. The number of aryl methyl sites for hydroxylation is 1. The summed E-state index contributed by atoms with van der Waals surface area (Å²) in [5.74, 6) is 0. The van der Waals surface area contributed by atoms with Gasteiger partial charge in [0.15, 0.2) is 0 Å². The van der Waals surface area contributed by atoms with Gasteiger partial charge in [0, 0.05) is 19.9 Å². The van der Waals surface area contributed by atoms with E-state index in [0.717, 1.165) is 6.42 Å². The lowest BCUT2D eigenvalue weighted by atomic mass is 10.3. The smallest absolute Gasteiger partial charge is 0.121 e. The molecular formula is C9H16N2O2. The molecule has 0 fully saturated rings. The van der Waals surface area contributed by atoms with Gasteiger partial charge in [0.05, 0.1) is 12.3 Å². The van der Waals surface area contributed by atoms with Crippen molar-refractivity contribution in [1.29, 1.82) is 0 Å². The zero-order valence-electron chi connectivity index (χ0n) is 8.10. The lowest BCUT2D eigenvalue weighted by Gasteiger charge is -2.07. The average Bonchev–Trinajstić information content (AvgIpc) is 2.52. The highest BCUT2D eigenvalue weighted by Crippen LogP contribution is 2.09. The number of aliphatic hydroxyl groups is 1. The Balaban J connectivity index is 2.35. The molecule has 1 rings (SSSR count). The van der Waals surface area contributed by atoms with Gasteiger partial charge < -0.3 is 9.84 Å². The third kappa shape index (κ3) is 3.16. The summed E-state index contributed by atoms with van der Waals surface area (Å²) in [6.45, 7) is 3.04. The highest BCUT2D eigenvalue weighted by Gasteiger charge is 2.09. The van der Waals surface area contributed by atoms with E-state index in [1.807, 2.05) is 14.0 Å². The summed E-state index contributed by atoms with van der Waals surface area (Å²) in [6.07, 6.45) is 2.17. The van der Waals surface area contributed by atoms with Crippen LogP contribution in [0.1, 0.15) is 25.1 Å². The van der Waals surface area contributed by atoms with Gasteiger partial charge in [-0.15, -0.1) is 0 Å². The van der Waals surface area contributed by atoms with E-state index in [1.165, 1.54) is 0 Å². The topological polar surface area (TPSA) is 47.3 Å². The molecule has 1 N–H and O–H groups in total. The van der Waals surface area contributed by atoms with Gasteiger partial charge in [0.2, 0.25) is 0 Å². The number of ether oxygens (including phenoxy) is 1. The summed E-state index contributed by atoms with van der Waals surface area (Å²) >= 11 is 0. The molecule has 0 aliphatic heterocycles. The van der Waals surface area contributed by atoms with E-state index in [0.29, 0.717) is 18.9 Å². The molecule has 1 unspecified atom stereocenters. The Hall–Kier alpha value is -0.870. The first-order valence-corrected chi connectivity index (χ1v) is 4.49. The molecule has 0 aliphatic carbocycles. The van der Waals surface area contributed by atoms with Gasteiger partial charge in [-0.25, -0.2) is 0 Å². The Morgan fingerprint density at radius 1 is 1.69 bits per heavy atom. The van der Waals surface area contributed by atoms with Crippen molar-refractivity contribution >= 4 is 0 Å². The predicted molar refractivity (Wildman–Crippen MR) is 49.3 cm³/mol. The number of hydrogen-bond acceptors (Lipinski definition) is 3. The highest BCUT2D eigenvalue weighted by atomic mass is 16.5. The molecule has 13 heavy (non-hydrogen) atoms. The second-order valence-corrected chi connectivity index (χ2v) is 3.00. The van der Waals surface area contributed by atoms with Crippen LogP contribution in [0.3, 0.4) is 0 Å². The van der Waals surface area contributed by atoms with Crippen LogP contribution < -0.4 is 0 Å². The van der Waals surface area contributed by atoms with Crippen molar-refractivity contribution in [2.75, 3.05) is 13.2 Å². The molecule has 4 nitrogen and oxygen atoms in total. The Morgan fingerprint density at radius 3 is 3.00 bits per heavy atom. The summed E-state index contributed by atoms with van der Waals surface area (Å²) in [6, 6.07) is 1.79. The van der Waals surface area contributed by atoms with Gasteiger partial charge in [-0.2, -0.15) is 5.10 Å².